The van der Waals surface area contributed by atoms with Crippen molar-refractivity contribution < 1.29 is 89.4 Å². The maximum absolute atomic E-state index is 13.1. The van der Waals surface area contributed by atoms with Crippen LogP contribution in [-0.2, 0) is 33.2 Å². The molecule has 19 heteroatoms. The van der Waals surface area contributed by atoms with Gasteiger partial charge in [-0.25, -0.2) is 0 Å². The molecule has 0 aromatic heterocycles. The number of amides is 1. The van der Waals surface area contributed by atoms with Gasteiger partial charge in [-0.3, -0.25) is 4.79 Å². The second-order valence-electron chi connectivity index (χ2n) is 20.1. The van der Waals surface area contributed by atoms with Gasteiger partial charge in [0.25, 0.3) is 0 Å². The van der Waals surface area contributed by atoms with E-state index in [1.54, 1.807) is 12.2 Å². The minimum atomic E-state index is -1.97. The smallest absolute Gasteiger partial charge is 0.220 e. The summed E-state index contributed by atoms with van der Waals surface area (Å²) >= 11 is 0. The van der Waals surface area contributed by atoms with Crippen LogP contribution in [0.5, 0.6) is 0 Å². The topological polar surface area (TPSA) is 307 Å². The van der Waals surface area contributed by atoms with Gasteiger partial charge in [-0.1, -0.05) is 174 Å². The van der Waals surface area contributed by atoms with Gasteiger partial charge in [0.05, 0.1) is 38.6 Å². The summed E-state index contributed by atoms with van der Waals surface area (Å²) in [5, 5.41) is 119. The molecule has 0 aromatic rings. The first-order valence-corrected chi connectivity index (χ1v) is 27.4. The van der Waals surface area contributed by atoms with Crippen LogP contribution >= 0.6 is 0 Å². The summed E-state index contributed by atoms with van der Waals surface area (Å²) < 4.78 is 33.9. The van der Waals surface area contributed by atoms with E-state index in [0.717, 1.165) is 25.7 Å². The van der Waals surface area contributed by atoms with Crippen molar-refractivity contribution in [1.29, 1.82) is 0 Å². The fourth-order valence-corrected chi connectivity index (χ4v) is 9.49. The van der Waals surface area contributed by atoms with Gasteiger partial charge in [-0.2, -0.15) is 0 Å². The lowest BCUT2D eigenvalue weighted by atomic mass is 9.96. The van der Waals surface area contributed by atoms with E-state index in [4.69, 9.17) is 28.4 Å². The summed E-state index contributed by atoms with van der Waals surface area (Å²) in [7, 11) is 0. The molecule has 3 heterocycles. The van der Waals surface area contributed by atoms with E-state index in [9.17, 15) is 61.0 Å². The zero-order valence-corrected chi connectivity index (χ0v) is 43.0. The van der Waals surface area contributed by atoms with E-state index >= 15 is 0 Å². The van der Waals surface area contributed by atoms with Gasteiger partial charge in [0.15, 0.2) is 18.9 Å². The molecule has 0 saturated carbocycles. The second kappa shape index (κ2) is 37.3. The molecule has 0 spiro atoms. The van der Waals surface area contributed by atoms with Crippen molar-refractivity contribution in [3.63, 3.8) is 0 Å². The van der Waals surface area contributed by atoms with Crippen LogP contribution in [0.4, 0.5) is 0 Å². The molecular weight excluding hydrogens is 927 g/mol. The number of carbonyl (C=O) groups excluding carboxylic acids is 1. The van der Waals surface area contributed by atoms with E-state index in [1.807, 2.05) is 6.92 Å². The van der Waals surface area contributed by atoms with Crippen molar-refractivity contribution in [3.8, 4) is 0 Å². The standard InChI is InChI=1S/C52H97NO18/c1-3-5-7-8-9-10-11-12-13-14-15-16-17-18-19-20-21-22-23-24-25-26-28-30-40(58)53-35(36(57)29-27-6-4-2)34-66-50-46(64)43(61)48(38(32-55)68-50)71-52-47(65)44(62)49(39(33-56)69-52)70-51-45(63)42(60)41(59)37(31-54)67-51/h27,29,35-39,41-52,54-57,59-65H,3-26,28,30-34H2,1-2H3,(H,53,58)/b29-27+. The van der Waals surface area contributed by atoms with Crippen molar-refractivity contribution in [2.75, 3.05) is 26.4 Å². The van der Waals surface area contributed by atoms with Crippen LogP contribution in [0.3, 0.4) is 0 Å². The lowest BCUT2D eigenvalue weighted by molar-refractivity contribution is -0.379. The van der Waals surface area contributed by atoms with Gasteiger partial charge in [0.2, 0.25) is 5.91 Å². The zero-order valence-electron chi connectivity index (χ0n) is 43.0. The Bertz CT molecular complexity index is 1360. The summed E-state index contributed by atoms with van der Waals surface area (Å²) in [5.41, 5.74) is 0. The molecule has 3 fully saturated rings. The fraction of sp³-hybridized carbons (Fsp3) is 0.942. The number of nitrogens with one attached hydrogen (secondary N) is 1. The van der Waals surface area contributed by atoms with Gasteiger partial charge in [0.1, 0.15) is 73.2 Å². The predicted octanol–water partition coefficient (Wildman–Crippen LogP) is 3.04. The van der Waals surface area contributed by atoms with Crippen LogP contribution in [0.2, 0.25) is 0 Å². The number of hydrogen-bond acceptors (Lipinski definition) is 18. The highest BCUT2D eigenvalue weighted by molar-refractivity contribution is 5.76. The molecule has 17 atom stereocenters. The Kier molecular flexibility index (Phi) is 33.5. The lowest BCUT2D eigenvalue weighted by Crippen LogP contribution is -2.66. The molecule has 1 amide bonds. The molecule has 3 saturated heterocycles. The van der Waals surface area contributed by atoms with E-state index in [1.165, 1.54) is 122 Å². The van der Waals surface area contributed by atoms with Crippen LogP contribution < -0.4 is 5.32 Å². The number of aliphatic hydroxyl groups excluding tert-OH is 11. The van der Waals surface area contributed by atoms with Crippen LogP contribution in [0.25, 0.3) is 0 Å². The Morgan fingerprint density at radius 1 is 0.493 bits per heavy atom. The van der Waals surface area contributed by atoms with E-state index < -0.39 is 124 Å². The highest BCUT2D eigenvalue weighted by Gasteiger charge is 2.53. The average Bonchev–Trinajstić information content (AvgIpc) is 3.36. The van der Waals surface area contributed by atoms with E-state index in [0.29, 0.717) is 12.8 Å². The van der Waals surface area contributed by atoms with Gasteiger partial charge < -0.3 is 89.9 Å². The largest absolute Gasteiger partial charge is 0.394 e. The van der Waals surface area contributed by atoms with Gasteiger partial charge in [-0.05, 0) is 12.8 Å². The van der Waals surface area contributed by atoms with Crippen molar-refractivity contribution in [1.82, 2.24) is 5.32 Å². The highest BCUT2D eigenvalue weighted by atomic mass is 16.8. The zero-order chi connectivity index (χ0) is 52.0. The first-order chi connectivity index (χ1) is 34.3. The first kappa shape index (κ1) is 63.8. The molecule has 0 bridgehead atoms. The predicted molar refractivity (Wildman–Crippen MR) is 263 cm³/mol. The van der Waals surface area contributed by atoms with E-state index in [-0.39, 0.29) is 18.9 Å². The molecule has 19 nitrogen and oxygen atoms in total. The Labute approximate surface area is 423 Å². The van der Waals surface area contributed by atoms with Crippen LogP contribution in [0, 0.1) is 0 Å². The van der Waals surface area contributed by atoms with Gasteiger partial charge in [0, 0.05) is 6.42 Å². The fourth-order valence-electron chi connectivity index (χ4n) is 9.49. The van der Waals surface area contributed by atoms with Crippen LogP contribution in [0.15, 0.2) is 12.2 Å². The Morgan fingerprint density at radius 3 is 1.30 bits per heavy atom. The van der Waals surface area contributed by atoms with Crippen LogP contribution in [0.1, 0.15) is 181 Å². The van der Waals surface area contributed by atoms with Crippen LogP contribution in [-0.4, -0.2) is 193 Å². The second-order valence-corrected chi connectivity index (χ2v) is 20.1. The monoisotopic (exact) mass is 1020 g/mol. The van der Waals surface area contributed by atoms with E-state index in [2.05, 4.69) is 12.2 Å². The molecular formula is C52H97NO18. The third kappa shape index (κ3) is 22.7. The maximum Gasteiger partial charge on any atom is 0.220 e. The molecule has 418 valence electrons. The minimum absolute atomic E-state index is 0.246. The molecule has 0 aliphatic carbocycles. The van der Waals surface area contributed by atoms with Crippen molar-refractivity contribution >= 4 is 5.91 Å². The van der Waals surface area contributed by atoms with Crippen molar-refractivity contribution in [2.45, 2.75) is 285 Å². The number of rotatable bonds is 39. The number of allylic oxidation sites excluding steroid dienone is 1. The summed E-state index contributed by atoms with van der Waals surface area (Å²) in [6.07, 6.45) is 7.77. The first-order valence-electron chi connectivity index (χ1n) is 27.4. The number of ether oxygens (including phenoxy) is 6. The van der Waals surface area contributed by atoms with Crippen molar-refractivity contribution in [2.24, 2.45) is 0 Å². The third-order valence-electron chi connectivity index (χ3n) is 14.1. The SMILES string of the molecule is CCC/C=C/C(O)C(COC1OC(CO)C(OC2OC(CO)C(OC3OC(CO)C(O)C(O)C3O)C(O)C2O)C(O)C1O)NC(=O)CCCCCCCCCCCCCCCCCCCCCCCCC. The third-order valence-corrected chi connectivity index (χ3v) is 14.1. The van der Waals surface area contributed by atoms with Gasteiger partial charge >= 0.3 is 0 Å². The quantitative estimate of drug-likeness (QED) is 0.0311. The number of unbranched alkanes of at least 4 members (excludes halogenated alkanes) is 23. The Balaban J connectivity index is 1.36. The summed E-state index contributed by atoms with van der Waals surface area (Å²) in [5.74, 6) is -0.285. The highest BCUT2D eigenvalue weighted by Crippen LogP contribution is 2.33. The molecule has 17 unspecified atom stereocenters. The molecule has 0 aromatic carbocycles. The van der Waals surface area contributed by atoms with Crippen molar-refractivity contribution in [3.05, 3.63) is 12.2 Å². The average molecular weight is 1020 g/mol. The summed E-state index contributed by atoms with van der Waals surface area (Å²) in [6.45, 7) is 1.48. The summed E-state index contributed by atoms with van der Waals surface area (Å²) in [4.78, 5) is 13.1. The molecule has 3 rings (SSSR count). The Hall–Kier alpha value is -1.47. The summed E-state index contributed by atoms with van der Waals surface area (Å²) in [6, 6.07) is -0.963. The number of hydrogen-bond donors (Lipinski definition) is 12. The molecule has 3 aliphatic heterocycles. The molecule has 71 heavy (non-hydrogen) atoms. The Morgan fingerprint density at radius 2 is 0.873 bits per heavy atom. The maximum atomic E-state index is 13.1. The van der Waals surface area contributed by atoms with Gasteiger partial charge in [-0.15, -0.1) is 0 Å². The molecule has 3 aliphatic rings. The minimum Gasteiger partial charge on any atom is -0.394 e. The molecule has 0 radical (unpaired) electrons. The molecule has 12 N–H and O–H groups in total. The normalized spacial score (nSPS) is 32.3. The lowest BCUT2D eigenvalue weighted by Gasteiger charge is -2.48. The number of carbonyl (C=O) groups is 1. The number of aliphatic hydroxyl groups is 11.